The van der Waals surface area contributed by atoms with Gasteiger partial charge in [0.05, 0.1) is 6.54 Å². The third-order valence-electron chi connectivity index (χ3n) is 4.58. The van der Waals surface area contributed by atoms with E-state index in [1.54, 1.807) is 6.20 Å². The smallest absolute Gasteiger partial charge is 0.314 e. The van der Waals surface area contributed by atoms with E-state index in [2.05, 4.69) is 30.6 Å². The molecule has 0 bridgehead atoms. The van der Waals surface area contributed by atoms with Crippen molar-refractivity contribution in [2.75, 3.05) is 0 Å². The second-order valence-electron chi connectivity index (χ2n) is 6.58. The average Bonchev–Trinajstić information content (AvgIpc) is 3.45. The van der Waals surface area contributed by atoms with Crippen molar-refractivity contribution in [3.8, 4) is 23.0 Å². The van der Waals surface area contributed by atoms with Gasteiger partial charge in [-0.25, -0.2) is 4.39 Å². The Kier molecular flexibility index (Phi) is 4.62. The molecule has 0 radical (unpaired) electrons. The van der Waals surface area contributed by atoms with Crippen LogP contribution < -0.4 is 0 Å². The first kappa shape index (κ1) is 18.9. The van der Waals surface area contributed by atoms with Gasteiger partial charge in [0, 0.05) is 22.7 Å². The molecule has 0 atom stereocenters. The first-order valence-electron chi connectivity index (χ1n) is 9.11. The normalized spacial score (nSPS) is 11.5. The summed E-state index contributed by atoms with van der Waals surface area (Å²) in [6.07, 6.45) is -1.23. The van der Waals surface area contributed by atoms with E-state index in [0.29, 0.717) is 11.5 Å². The third-order valence-corrected chi connectivity index (χ3v) is 4.58. The average molecular weight is 423 g/mol. The summed E-state index contributed by atoms with van der Waals surface area (Å²) in [5.74, 6) is -1.29. The second-order valence-corrected chi connectivity index (χ2v) is 6.58. The van der Waals surface area contributed by atoms with Crippen LogP contribution in [0.5, 0.6) is 0 Å². The van der Waals surface area contributed by atoms with E-state index in [1.165, 1.54) is 16.9 Å². The Morgan fingerprint density at radius 2 is 1.87 bits per heavy atom. The van der Waals surface area contributed by atoms with Crippen LogP contribution in [0.2, 0.25) is 0 Å². The summed E-state index contributed by atoms with van der Waals surface area (Å²) < 4.78 is 44.6. The summed E-state index contributed by atoms with van der Waals surface area (Å²) in [4.78, 5) is 5.59. The number of nitrogens with zero attached hydrogens (tertiary/aromatic N) is 7. The minimum Gasteiger partial charge on any atom is -0.415 e. The molecule has 5 aromatic rings. The lowest BCUT2D eigenvalue weighted by molar-refractivity contribution is 0.116. The van der Waals surface area contributed by atoms with E-state index in [9.17, 15) is 13.2 Å². The molecule has 3 heterocycles. The van der Waals surface area contributed by atoms with Crippen molar-refractivity contribution < 1.29 is 17.6 Å². The Morgan fingerprint density at radius 3 is 2.68 bits per heavy atom. The zero-order valence-electron chi connectivity index (χ0n) is 15.7. The van der Waals surface area contributed by atoms with Gasteiger partial charge in [-0.05, 0) is 28.8 Å². The second kappa shape index (κ2) is 7.59. The van der Waals surface area contributed by atoms with Crippen LogP contribution in [0.3, 0.4) is 0 Å². The first-order chi connectivity index (χ1) is 15.1. The van der Waals surface area contributed by atoms with Crippen molar-refractivity contribution in [2.24, 2.45) is 0 Å². The standard InChI is InChI=1S/C20H12F3N7O/c21-15-9-12(19-26-27-20(31-19)17(22)23)5-6-13(15)10-30-28-18(25-29-30)16-14-4-2-1-3-11(14)7-8-24-16/h1-9,17H,10H2. The monoisotopic (exact) mass is 423 g/mol. The fourth-order valence-corrected chi connectivity index (χ4v) is 3.10. The predicted molar refractivity (Wildman–Crippen MR) is 102 cm³/mol. The van der Waals surface area contributed by atoms with Crippen molar-refractivity contribution in [1.29, 1.82) is 0 Å². The van der Waals surface area contributed by atoms with Crippen molar-refractivity contribution in [3.05, 3.63) is 72.0 Å². The van der Waals surface area contributed by atoms with E-state index in [0.717, 1.165) is 16.8 Å². The summed E-state index contributed by atoms with van der Waals surface area (Å²) >= 11 is 0. The molecule has 0 aliphatic rings. The maximum Gasteiger partial charge on any atom is 0.314 e. The first-order valence-corrected chi connectivity index (χ1v) is 9.11. The number of halogens is 3. The Labute approximate surface area is 172 Å². The number of aromatic nitrogens is 7. The van der Waals surface area contributed by atoms with Gasteiger partial charge in [-0.3, -0.25) is 4.98 Å². The van der Waals surface area contributed by atoms with Crippen molar-refractivity contribution in [2.45, 2.75) is 13.0 Å². The highest BCUT2D eigenvalue weighted by molar-refractivity contribution is 5.92. The van der Waals surface area contributed by atoms with Crippen LogP contribution in [0.4, 0.5) is 13.2 Å². The zero-order valence-corrected chi connectivity index (χ0v) is 15.7. The van der Waals surface area contributed by atoms with Gasteiger partial charge >= 0.3 is 6.43 Å². The highest BCUT2D eigenvalue weighted by Gasteiger charge is 2.18. The molecule has 0 saturated carbocycles. The number of fused-ring (bicyclic) bond motifs is 1. The largest absolute Gasteiger partial charge is 0.415 e. The van der Waals surface area contributed by atoms with Crippen molar-refractivity contribution in [1.82, 2.24) is 35.4 Å². The van der Waals surface area contributed by atoms with Gasteiger partial charge in [0.2, 0.25) is 11.7 Å². The van der Waals surface area contributed by atoms with E-state index in [4.69, 9.17) is 4.42 Å². The summed E-state index contributed by atoms with van der Waals surface area (Å²) in [5.41, 5.74) is 1.03. The lowest BCUT2D eigenvalue weighted by Gasteiger charge is -2.04. The van der Waals surface area contributed by atoms with Crippen LogP contribution >= 0.6 is 0 Å². The Hall–Kier alpha value is -4.15. The zero-order chi connectivity index (χ0) is 21.4. The fourth-order valence-electron chi connectivity index (χ4n) is 3.10. The SMILES string of the molecule is Fc1cc(-c2nnc(C(F)F)o2)ccc1Cn1nnc(-c2nccc3ccccc23)n1. The summed E-state index contributed by atoms with van der Waals surface area (Å²) in [6, 6.07) is 13.6. The maximum atomic E-state index is 14.6. The molecule has 5 rings (SSSR count). The molecule has 0 fully saturated rings. The number of tetrazole rings is 1. The number of hydrogen-bond donors (Lipinski definition) is 0. The molecule has 0 amide bonds. The highest BCUT2D eigenvalue weighted by atomic mass is 19.3. The quantitative estimate of drug-likeness (QED) is 0.421. The third kappa shape index (κ3) is 3.61. The van der Waals surface area contributed by atoms with Crippen LogP contribution in [0.1, 0.15) is 17.9 Å². The molecule has 154 valence electrons. The molecule has 3 aromatic heterocycles. The van der Waals surface area contributed by atoms with Gasteiger partial charge < -0.3 is 4.42 Å². The minimum atomic E-state index is -2.89. The number of hydrogen-bond acceptors (Lipinski definition) is 7. The van der Waals surface area contributed by atoms with Gasteiger partial charge in [-0.15, -0.1) is 20.4 Å². The molecular formula is C20H12F3N7O. The summed E-state index contributed by atoms with van der Waals surface area (Å²) in [6.45, 7) is 0.00992. The summed E-state index contributed by atoms with van der Waals surface area (Å²) in [7, 11) is 0. The van der Waals surface area contributed by atoms with Crippen LogP contribution in [0.25, 0.3) is 33.7 Å². The van der Waals surface area contributed by atoms with Gasteiger partial charge in [-0.1, -0.05) is 30.3 Å². The molecular weight excluding hydrogens is 411 g/mol. The predicted octanol–water partition coefficient (Wildman–Crippen LogP) is 4.06. The topological polar surface area (TPSA) is 95.4 Å². The van der Waals surface area contributed by atoms with Crippen LogP contribution in [0.15, 0.2) is 59.1 Å². The number of pyridine rings is 1. The van der Waals surface area contributed by atoms with Crippen LogP contribution in [-0.4, -0.2) is 35.4 Å². The van der Waals surface area contributed by atoms with Gasteiger partial charge in [0.1, 0.15) is 11.5 Å². The lowest BCUT2D eigenvalue weighted by Crippen LogP contribution is -2.06. The van der Waals surface area contributed by atoms with Gasteiger partial charge in [-0.2, -0.15) is 13.6 Å². The molecule has 0 unspecified atom stereocenters. The van der Waals surface area contributed by atoms with E-state index in [1.807, 2.05) is 30.3 Å². The number of rotatable bonds is 5. The lowest BCUT2D eigenvalue weighted by atomic mass is 10.1. The molecule has 0 spiro atoms. The van der Waals surface area contributed by atoms with Crippen LogP contribution in [-0.2, 0) is 6.54 Å². The Bertz CT molecular complexity index is 1380. The fraction of sp³-hybridized carbons (Fsp3) is 0.100. The van der Waals surface area contributed by atoms with E-state index < -0.39 is 18.1 Å². The van der Waals surface area contributed by atoms with Crippen molar-refractivity contribution in [3.63, 3.8) is 0 Å². The molecule has 0 saturated heterocycles. The van der Waals surface area contributed by atoms with Gasteiger partial charge in [0.25, 0.3) is 5.89 Å². The number of benzene rings is 2. The molecule has 8 nitrogen and oxygen atoms in total. The van der Waals surface area contributed by atoms with Gasteiger partial charge in [0.15, 0.2) is 0 Å². The minimum absolute atomic E-state index is 0.00992. The number of alkyl halides is 2. The highest BCUT2D eigenvalue weighted by Crippen LogP contribution is 2.26. The molecule has 31 heavy (non-hydrogen) atoms. The maximum absolute atomic E-state index is 14.6. The Balaban J connectivity index is 1.40. The molecule has 2 aromatic carbocycles. The molecule has 0 aliphatic heterocycles. The van der Waals surface area contributed by atoms with Crippen molar-refractivity contribution >= 4 is 10.8 Å². The van der Waals surface area contributed by atoms with Crippen LogP contribution in [0, 0.1) is 5.82 Å². The summed E-state index contributed by atoms with van der Waals surface area (Å²) in [5, 5.41) is 21.0. The molecule has 0 aliphatic carbocycles. The molecule has 11 heteroatoms. The van der Waals surface area contributed by atoms with E-state index >= 15 is 0 Å². The van der Waals surface area contributed by atoms with E-state index in [-0.39, 0.29) is 23.6 Å². The molecule has 0 N–H and O–H groups in total. The Morgan fingerprint density at radius 1 is 1.00 bits per heavy atom.